The Morgan fingerprint density at radius 2 is 1.97 bits per heavy atom. The molecule has 2 unspecified atom stereocenters. The van der Waals surface area contributed by atoms with Crippen LogP contribution >= 0.6 is 11.6 Å². The third-order valence-corrected chi connectivity index (χ3v) is 6.11. The molecule has 3 aromatic rings. The molecule has 7 heteroatoms. The number of fused-ring (bicyclic) bond motifs is 4. The summed E-state index contributed by atoms with van der Waals surface area (Å²) in [5.41, 5.74) is 2.77. The fourth-order valence-corrected chi connectivity index (χ4v) is 4.63. The zero-order valence-electron chi connectivity index (χ0n) is 17.7. The Hall–Kier alpha value is -3.51. The molecule has 1 saturated heterocycles. The number of aryl methyl sites for hydroxylation is 1. The SMILES string of the molecule is Cc1cccc(NC(=O)c2cccc(N3C(=O)NC4CC3(C)Oc3ccc(Cl)cc34)c2)c1. The second-order valence-electron chi connectivity index (χ2n) is 8.37. The molecule has 0 radical (unpaired) electrons. The first-order valence-corrected chi connectivity index (χ1v) is 10.8. The van der Waals surface area contributed by atoms with Crippen LogP contribution in [-0.4, -0.2) is 17.7 Å². The highest BCUT2D eigenvalue weighted by atomic mass is 35.5. The lowest BCUT2D eigenvalue weighted by molar-refractivity contribution is 0.0378. The number of hydrogen-bond acceptors (Lipinski definition) is 3. The second-order valence-corrected chi connectivity index (χ2v) is 8.81. The molecule has 2 atom stereocenters. The van der Waals surface area contributed by atoms with E-state index >= 15 is 0 Å². The maximum absolute atomic E-state index is 13.1. The third-order valence-electron chi connectivity index (χ3n) is 5.88. The van der Waals surface area contributed by atoms with Gasteiger partial charge in [-0.25, -0.2) is 4.79 Å². The molecule has 3 aromatic carbocycles. The Labute approximate surface area is 191 Å². The van der Waals surface area contributed by atoms with Gasteiger partial charge < -0.3 is 15.4 Å². The molecular formula is C25H22ClN3O3. The van der Waals surface area contributed by atoms with Crippen LogP contribution in [0.5, 0.6) is 5.75 Å². The zero-order valence-corrected chi connectivity index (χ0v) is 18.4. The van der Waals surface area contributed by atoms with Crippen LogP contribution in [0.25, 0.3) is 0 Å². The number of anilines is 2. The molecule has 2 aliphatic rings. The van der Waals surface area contributed by atoms with Crippen molar-refractivity contribution in [3.63, 3.8) is 0 Å². The molecule has 0 saturated carbocycles. The number of urea groups is 1. The first-order chi connectivity index (χ1) is 15.3. The maximum atomic E-state index is 13.1. The topological polar surface area (TPSA) is 70.7 Å². The monoisotopic (exact) mass is 447 g/mol. The lowest BCUT2D eigenvalue weighted by Gasteiger charge is -2.50. The van der Waals surface area contributed by atoms with Crippen molar-refractivity contribution in [1.82, 2.24) is 5.32 Å². The van der Waals surface area contributed by atoms with Gasteiger partial charge in [-0.1, -0.05) is 29.8 Å². The summed E-state index contributed by atoms with van der Waals surface area (Å²) in [6.45, 7) is 3.85. The van der Waals surface area contributed by atoms with Gasteiger partial charge in [-0.15, -0.1) is 0 Å². The molecule has 2 heterocycles. The van der Waals surface area contributed by atoms with Gasteiger partial charge >= 0.3 is 6.03 Å². The number of ether oxygens (including phenoxy) is 1. The van der Waals surface area contributed by atoms with Gasteiger partial charge in [-0.05, 0) is 67.9 Å². The molecule has 2 aliphatic heterocycles. The van der Waals surface area contributed by atoms with Crippen molar-refractivity contribution < 1.29 is 14.3 Å². The first-order valence-electron chi connectivity index (χ1n) is 10.4. The highest BCUT2D eigenvalue weighted by Crippen LogP contribution is 2.46. The van der Waals surface area contributed by atoms with E-state index in [4.69, 9.17) is 16.3 Å². The number of benzene rings is 3. The van der Waals surface area contributed by atoms with Crippen molar-refractivity contribution in [2.45, 2.75) is 32.0 Å². The van der Waals surface area contributed by atoms with E-state index in [9.17, 15) is 9.59 Å². The van der Waals surface area contributed by atoms with Gasteiger partial charge in [0.2, 0.25) is 0 Å². The number of amides is 3. The normalized spacial score (nSPS) is 21.3. The van der Waals surface area contributed by atoms with Crippen molar-refractivity contribution in [1.29, 1.82) is 0 Å². The Kier molecular flexibility index (Phi) is 4.82. The molecule has 1 fully saturated rings. The smallest absolute Gasteiger partial charge is 0.325 e. The van der Waals surface area contributed by atoms with Gasteiger partial charge in [0.25, 0.3) is 5.91 Å². The number of nitrogens with one attached hydrogen (secondary N) is 2. The summed E-state index contributed by atoms with van der Waals surface area (Å²) in [7, 11) is 0. The number of rotatable bonds is 3. The molecule has 0 spiro atoms. The highest BCUT2D eigenvalue weighted by Gasteiger charge is 2.49. The Balaban J connectivity index is 1.45. The van der Waals surface area contributed by atoms with Crippen LogP contribution in [0.3, 0.4) is 0 Å². The summed E-state index contributed by atoms with van der Waals surface area (Å²) in [5, 5.41) is 6.55. The van der Waals surface area contributed by atoms with Crippen LogP contribution in [0.1, 0.15) is 40.9 Å². The molecule has 0 aliphatic carbocycles. The summed E-state index contributed by atoms with van der Waals surface area (Å²) < 4.78 is 6.30. The van der Waals surface area contributed by atoms with Gasteiger partial charge in [0, 0.05) is 28.3 Å². The van der Waals surface area contributed by atoms with Crippen molar-refractivity contribution >= 4 is 34.9 Å². The van der Waals surface area contributed by atoms with E-state index < -0.39 is 5.72 Å². The molecule has 32 heavy (non-hydrogen) atoms. The van der Waals surface area contributed by atoms with E-state index in [1.807, 2.05) is 50.2 Å². The maximum Gasteiger partial charge on any atom is 0.325 e. The lowest BCUT2D eigenvalue weighted by Crippen LogP contribution is -2.65. The average Bonchev–Trinajstić information content (AvgIpc) is 2.74. The van der Waals surface area contributed by atoms with E-state index in [1.165, 1.54) is 0 Å². The van der Waals surface area contributed by atoms with Gasteiger partial charge in [0.15, 0.2) is 5.72 Å². The number of halogens is 1. The molecule has 2 bridgehead atoms. The minimum atomic E-state index is -0.903. The summed E-state index contributed by atoms with van der Waals surface area (Å²) in [4.78, 5) is 27.6. The average molecular weight is 448 g/mol. The Morgan fingerprint density at radius 3 is 2.78 bits per heavy atom. The molecule has 2 N–H and O–H groups in total. The van der Waals surface area contributed by atoms with Crippen LogP contribution in [0.2, 0.25) is 5.02 Å². The van der Waals surface area contributed by atoms with E-state index in [0.717, 1.165) is 16.8 Å². The van der Waals surface area contributed by atoms with Gasteiger partial charge in [-0.3, -0.25) is 9.69 Å². The molecular weight excluding hydrogens is 426 g/mol. The fraction of sp³-hybridized carbons (Fsp3) is 0.200. The standard InChI is InChI=1S/C25H22ClN3O3/c1-15-5-3-7-18(11-15)27-23(30)16-6-4-8-19(12-16)29-24(31)28-21-14-25(29,2)32-22-10-9-17(26)13-20(21)22/h3-13,21H,14H2,1-2H3,(H,27,30)(H,28,31). The third kappa shape index (κ3) is 3.56. The second kappa shape index (κ2) is 7.57. The molecule has 6 nitrogen and oxygen atoms in total. The minimum absolute atomic E-state index is 0.195. The van der Waals surface area contributed by atoms with Crippen molar-refractivity contribution in [3.05, 3.63) is 88.4 Å². The summed E-state index contributed by atoms with van der Waals surface area (Å²) >= 11 is 6.15. The van der Waals surface area contributed by atoms with Crippen LogP contribution in [0.15, 0.2) is 66.7 Å². The predicted molar refractivity (Wildman–Crippen MR) is 124 cm³/mol. The number of nitrogens with zero attached hydrogens (tertiary/aromatic N) is 1. The van der Waals surface area contributed by atoms with Crippen molar-refractivity contribution in [2.24, 2.45) is 0 Å². The number of hydrogen-bond donors (Lipinski definition) is 2. The number of carbonyl (C=O) groups is 2. The lowest BCUT2D eigenvalue weighted by atomic mass is 9.90. The van der Waals surface area contributed by atoms with Gasteiger partial charge in [0.05, 0.1) is 11.7 Å². The molecule has 5 rings (SSSR count). The van der Waals surface area contributed by atoms with Crippen LogP contribution < -0.4 is 20.3 Å². The fourth-order valence-electron chi connectivity index (χ4n) is 4.45. The van der Waals surface area contributed by atoms with Crippen LogP contribution in [-0.2, 0) is 0 Å². The predicted octanol–water partition coefficient (Wildman–Crippen LogP) is 5.67. The van der Waals surface area contributed by atoms with E-state index in [-0.39, 0.29) is 18.0 Å². The van der Waals surface area contributed by atoms with Crippen LogP contribution in [0.4, 0.5) is 16.2 Å². The Bertz CT molecular complexity index is 1240. The largest absolute Gasteiger partial charge is 0.467 e. The first kappa shape index (κ1) is 20.4. The van der Waals surface area contributed by atoms with E-state index in [0.29, 0.717) is 28.4 Å². The molecule has 162 valence electrons. The molecule has 0 aromatic heterocycles. The van der Waals surface area contributed by atoms with E-state index in [2.05, 4.69) is 10.6 Å². The van der Waals surface area contributed by atoms with Gasteiger partial charge in [0.1, 0.15) is 5.75 Å². The van der Waals surface area contributed by atoms with Crippen LogP contribution in [0, 0.1) is 6.92 Å². The Morgan fingerprint density at radius 1 is 1.16 bits per heavy atom. The number of carbonyl (C=O) groups excluding carboxylic acids is 2. The summed E-state index contributed by atoms with van der Waals surface area (Å²) in [5.74, 6) is 0.439. The van der Waals surface area contributed by atoms with Crippen molar-refractivity contribution in [3.8, 4) is 5.75 Å². The van der Waals surface area contributed by atoms with Crippen molar-refractivity contribution in [2.75, 3.05) is 10.2 Å². The summed E-state index contributed by atoms with van der Waals surface area (Å²) in [6.07, 6.45) is 0.547. The summed E-state index contributed by atoms with van der Waals surface area (Å²) in [6, 6.07) is 19.5. The van der Waals surface area contributed by atoms with E-state index in [1.54, 1.807) is 35.2 Å². The highest BCUT2D eigenvalue weighted by molar-refractivity contribution is 6.30. The minimum Gasteiger partial charge on any atom is -0.467 e. The zero-order chi connectivity index (χ0) is 22.5. The quantitative estimate of drug-likeness (QED) is 0.543. The molecule has 3 amide bonds. The van der Waals surface area contributed by atoms with Gasteiger partial charge in [-0.2, -0.15) is 0 Å².